The SMILES string of the molecule is CCOC1(c2ccc(Nc3ccc(-c4cnc5cc(F)ccn45)c4c3C(=O)NC4)nc2CN(C)C)CCOCC1. The zero-order chi connectivity index (χ0) is 27.9. The number of hydrogen-bond donors (Lipinski definition) is 2. The summed E-state index contributed by atoms with van der Waals surface area (Å²) >= 11 is 0. The van der Waals surface area contributed by atoms with E-state index in [-0.39, 0.29) is 11.7 Å². The third-order valence-electron chi connectivity index (χ3n) is 7.63. The lowest BCUT2D eigenvalue weighted by atomic mass is 9.84. The first kappa shape index (κ1) is 26.4. The fourth-order valence-electron chi connectivity index (χ4n) is 5.86. The molecule has 6 rings (SSSR count). The molecule has 0 saturated carbocycles. The van der Waals surface area contributed by atoms with Crippen LogP contribution in [-0.4, -0.2) is 59.1 Å². The molecule has 0 radical (unpaired) electrons. The van der Waals surface area contributed by atoms with Crippen molar-refractivity contribution in [3.8, 4) is 11.3 Å². The molecule has 1 saturated heterocycles. The standard InChI is InChI=1S/C30H33FN6O3/c1-4-40-30(10-13-39-14-11-30)22-6-8-26(35-24(22)18-36(2)3)34-23-7-5-20(21-16-33-29(38)28(21)23)25-17-32-27-15-19(31)9-12-37(25)27/h5-9,12,15,17H,4,10-11,13-14,16,18H2,1-3H3,(H,33,38)(H,34,35). The normalized spacial score (nSPS) is 16.4. The number of benzene rings is 1. The van der Waals surface area contributed by atoms with Gasteiger partial charge in [0.25, 0.3) is 5.91 Å². The number of ether oxygens (including phenoxy) is 2. The third-order valence-corrected chi connectivity index (χ3v) is 7.63. The lowest BCUT2D eigenvalue weighted by Crippen LogP contribution is -2.38. The number of carbonyl (C=O) groups excluding carboxylic acids is 1. The Kier molecular flexibility index (Phi) is 6.99. The molecule has 1 aromatic carbocycles. The van der Waals surface area contributed by atoms with Crippen molar-refractivity contribution in [3.63, 3.8) is 0 Å². The molecule has 9 nitrogen and oxygen atoms in total. The highest BCUT2D eigenvalue weighted by Crippen LogP contribution is 2.39. The summed E-state index contributed by atoms with van der Waals surface area (Å²) < 4.78 is 27.6. The van der Waals surface area contributed by atoms with Crippen molar-refractivity contribution in [2.75, 3.05) is 39.2 Å². The Morgan fingerprint density at radius 1 is 1.20 bits per heavy atom. The number of hydrogen-bond acceptors (Lipinski definition) is 7. The van der Waals surface area contributed by atoms with E-state index < -0.39 is 5.60 Å². The minimum atomic E-state index is -0.427. The maximum atomic E-state index is 13.7. The van der Waals surface area contributed by atoms with Crippen LogP contribution in [0.15, 0.2) is 48.8 Å². The fourth-order valence-corrected chi connectivity index (χ4v) is 5.86. The van der Waals surface area contributed by atoms with Gasteiger partial charge in [0.1, 0.15) is 17.3 Å². The molecule has 0 bridgehead atoms. The van der Waals surface area contributed by atoms with E-state index in [9.17, 15) is 9.18 Å². The van der Waals surface area contributed by atoms with E-state index in [1.54, 1.807) is 12.4 Å². The summed E-state index contributed by atoms with van der Waals surface area (Å²) in [6, 6.07) is 10.7. The molecule has 5 heterocycles. The Labute approximate surface area is 232 Å². The zero-order valence-corrected chi connectivity index (χ0v) is 23.0. The molecule has 0 spiro atoms. The van der Waals surface area contributed by atoms with Gasteiger partial charge < -0.3 is 25.0 Å². The van der Waals surface area contributed by atoms with Crippen LogP contribution in [0.2, 0.25) is 0 Å². The maximum Gasteiger partial charge on any atom is 0.254 e. The van der Waals surface area contributed by atoms with Crippen LogP contribution < -0.4 is 10.6 Å². The number of halogens is 1. The molecular weight excluding hydrogens is 511 g/mol. The summed E-state index contributed by atoms with van der Waals surface area (Å²) in [5.41, 5.74) is 5.87. The number of fused-ring (bicyclic) bond motifs is 2. The van der Waals surface area contributed by atoms with Gasteiger partial charge >= 0.3 is 0 Å². The van der Waals surface area contributed by atoms with Crippen molar-refractivity contribution in [1.82, 2.24) is 24.6 Å². The van der Waals surface area contributed by atoms with Gasteiger partial charge in [0, 0.05) is 69.1 Å². The Bertz CT molecular complexity index is 1570. The van der Waals surface area contributed by atoms with Gasteiger partial charge in [-0.3, -0.25) is 9.20 Å². The minimum Gasteiger partial charge on any atom is -0.381 e. The van der Waals surface area contributed by atoms with Crippen LogP contribution in [0.1, 0.15) is 46.9 Å². The predicted molar refractivity (Wildman–Crippen MR) is 150 cm³/mol. The van der Waals surface area contributed by atoms with Crippen molar-refractivity contribution >= 4 is 23.1 Å². The van der Waals surface area contributed by atoms with E-state index in [1.165, 1.54) is 12.1 Å². The van der Waals surface area contributed by atoms with Crippen LogP contribution in [0.25, 0.3) is 16.9 Å². The highest BCUT2D eigenvalue weighted by Gasteiger charge is 2.38. The first-order valence-corrected chi connectivity index (χ1v) is 13.6. The average molecular weight is 545 g/mol. The number of anilines is 2. The van der Waals surface area contributed by atoms with Crippen molar-refractivity contribution in [2.24, 2.45) is 0 Å². The molecule has 0 aliphatic carbocycles. The molecule has 2 aliphatic rings. The molecule has 0 atom stereocenters. The Balaban J connectivity index is 1.38. The molecule has 208 valence electrons. The summed E-state index contributed by atoms with van der Waals surface area (Å²) in [4.78, 5) is 24.5. The summed E-state index contributed by atoms with van der Waals surface area (Å²) in [6.07, 6.45) is 4.92. The van der Waals surface area contributed by atoms with Crippen molar-refractivity contribution in [1.29, 1.82) is 0 Å². The number of rotatable bonds is 8. The van der Waals surface area contributed by atoms with Gasteiger partial charge in [-0.1, -0.05) is 12.1 Å². The maximum absolute atomic E-state index is 13.7. The largest absolute Gasteiger partial charge is 0.381 e. The van der Waals surface area contributed by atoms with E-state index >= 15 is 0 Å². The second-order valence-electron chi connectivity index (χ2n) is 10.5. The van der Waals surface area contributed by atoms with E-state index in [0.717, 1.165) is 40.9 Å². The van der Waals surface area contributed by atoms with Crippen LogP contribution in [0.3, 0.4) is 0 Å². The first-order chi connectivity index (χ1) is 19.4. The number of imidazole rings is 1. The Morgan fingerprint density at radius 2 is 2.02 bits per heavy atom. The van der Waals surface area contributed by atoms with E-state index in [4.69, 9.17) is 14.5 Å². The molecule has 2 aliphatic heterocycles. The van der Waals surface area contributed by atoms with Gasteiger partial charge in [-0.15, -0.1) is 0 Å². The minimum absolute atomic E-state index is 0.151. The van der Waals surface area contributed by atoms with E-state index in [2.05, 4.69) is 26.6 Å². The molecule has 1 fully saturated rings. The van der Waals surface area contributed by atoms with Gasteiger partial charge in [-0.05, 0) is 44.8 Å². The second kappa shape index (κ2) is 10.6. The summed E-state index contributed by atoms with van der Waals surface area (Å²) in [5, 5.41) is 6.37. The van der Waals surface area contributed by atoms with Crippen molar-refractivity contribution < 1.29 is 18.7 Å². The van der Waals surface area contributed by atoms with Crippen LogP contribution >= 0.6 is 0 Å². The summed E-state index contributed by atoms with van der Waals surface area (Å²) in [5.74, 6) is 0.156. The molecular formula is C30H33FN6O3. The Hall–Kier alpha value is -3.86. The van der Waals surface area contributed by atoms with Gasteiger partial charge in [0.05, 0.1) is 34.4 Å². The zero-order valence-electron chi connectivity index (χ0n) is 23.0. The number of nitrogens with zero attached hydrogens (tertiary/aromatic N) is 4. The Morgan fingerprint density at radius 3 is 2.80 bits per heavy atom. The monoisotopic (exact) mass is 544 g/mol. The second-order valence-corrected chi connectivity index (χ2v) is 10.5. The fraction of sp³-hybridized carbons (Fsp3) is 0.367. The van der Waals surface area contributed by atoms with Crippen molar-refractivity contribution in [3.05, 3.63) is 77.0 Å². The number of nitrogens with one attached hydrogen (secondary N) is 2. The summed E-state index contributed by atoms with van der Waals surface area (Å²) in [7, 11) is 4.04. The molecule has 3 aromatic heterocycles. The molecule has 2 N–H and O–H groups in total. The van der Waals surface area contributed by atoms with E-state index in [0.29, 0.717) is 55.6 Å². The topological polar surface area (TPSA) is 93.0 Å². The van der Waals surface area contributed by atoms with Crippen LogP contribution in [0, 0.1) is 5.82 Å². The quantitative estimate of drug-likeness (QED) is 0.334. The van der Waals surface area contributed by atoms with Gasteiger partial charge in [-0.2, -0.15) is 0 Å². The van der Waals surface area contributed by atoms with E-state index in [1.807, 2.05) is 43.6 Å². The van der Waals surface area contributed by atoms with Gasteiger partial charge in [-0.25, -0.2) is 14.4 Å². The van der Waals surface area contributed by atoms with Crippen LogP contribution in [0.5, 0.6) is 0 Å². The summed E-state index contributed by atoms with van der Waals surface area (Å²) in [6.45, 7) is 4.97. The first-order valence-electron chi connectivity index (χ1n) is 13.6. The van der Waals surface area contributed by atoms with Gasteiger partial charge in [0.2, 0.25) is 0 Å². The highest BCUT2D eigenvalue weighted by atomic mass is 19.1. The number of pyridine rings is 2. The molecule has 10 heteroatoms. The lowest BCUT2D eigenvalue weighted by Gasteiger charge is -2.38. The van der Waals surface area contributed by atoms with Crippen LogP contribution in [-0.2, 0) is 28.2 Å². The molecule has 40 heavy (non-hydrogen) atoms. The predicted octanol–water partition coefficient (Wildman–Crippen LogP) is 4.63. The molecule has 0 unspecified atom stereocenters. The lowest BCUT2D eigenvalue weighted by molar-refractivity contribution is -0.113. The van der Waals surface area contributed by atoms with Gasteiger partial charge in [0.15, 0.2) is 0 Å². The average Bonchev–Trinajstić information content (AvgIpc) is 3.53. The van der Waals surface area contributed by atoms with Crippen molar-refractivity contribution in [2.45, 2.75) is 38.5 Å². The number of aromatic nitrogens is 3. The van der Waals surface area contributed by atoms with Crippen LogP contribution in [0.4, 0.5) is 15.9 Å². The number of carbonyl (C=O) groups is 1. The smallest absolute Gasteiger partial charge is 0.254 e. The third kappa shape index (κ3) is 4.72. The highest BCUT2D eigenvalue weighted by molar-refractivity contribution is 6.06. The molecule has 1 amide bonds. The molecule has 4 aromatic rings. The number of amides is 1.